The van der Waals surface area contributed by atoms with E-state index in [1.165, 1.54) is 37.4 Å². The summed E-state index contributed by atoms with van der Waals surface area (Å²) in [6.45, 7) is 0. The van der Waals surface area contributed by atoms with Gasteiger partial charge in [-0.05, 0) is 41.9 Å². The summed E-state index contributed by atoms with van der Waals surface area (Å²) < 4.78 is 32.8. The van der Waals surface area contributed by atoms with Crippen LogP contribution < -0.4 is 15.2 Å². The Hall–Kier alpha value is -2.03. The number of benzene rings is 1. The Labute approximate surface area is 125 Å². The van der Waals surface area contributed by atoms with E-state index in [2.05, 4.69) is 5.32 Å². The van der Waals surface area contributed by atoms with Gasteiger partial charge in [0.2, 0.25) is 10.0 Å². The smallest absolute Gasteiger partial charge is 0.291 e. The van der Waals surface area contributed by atoms with Crippen molar-refractivity contribution in [3.63, 3.8) is 0 Å². The van der Waals surface area contributed by atoms with Crippen LogP contribution in [0.2, 0.25) is 5.22 Å². The maximum Gasteiger partial charge on any atom is 0.291 e. The molecule has 1 heterocycles. The fraction of sp³-hybridized carbons (Fsp3) is 0.0833. The van der Waals surface area contributed by atoms with Crippen molar-refractivity contribution in [2.75, 3.05) is 12.4 Å². The molecule has 7 nitrogen and oxygen atoms in total. The van der Waals surface area contributed by atoms with Crippen molar-refractivity contribution in [1.29, 1.82) is 0 Å². The van der Waals surface area contributed by atoms with Crippen LogP contribution in [0.1, 0.15) is 10.6 Å². The molecule has 0 aliphatic heterocycles. The SMILES string of the molecule is COc1ccc(NC(=O)c2ccc(Cl)o2)cc1S(N)(=O)=O. The standard InChI is InChI=1S/C12H11ClN2O5S/c1-19-8-3-2-7(6-10(8)21(14,17)18)15-12(16)9-4-5-11(13)20-9/h2-6H,1H3,(H,15,16)(H2,14,17,18). The first-order chi connectivity index (χ1) is 9.81. The van der Waals surface area contributed by atoms with Crippen LogP contribution in [0.3, 0.4) is 0 Å². The first-order valence-corrected chi connectivity index (χ1v) is 7.51. The highest BCUT2D eigenvalue weighted by molar-refractivity contribution is 7.89. The van der Waals surface area contributed by atoms with E-state index >= 15 is 0 Å². The number of rotatable bonds is 4. The summed E-state index contributed by atoms with van der Waals surface area (Å²) in [5.41, 5.74) is 0.220. The van der Waals surface area contributed by atoms with E-state index in [0.29, 0.717) is 0 Å². The highest BCUT2D eigenvalue weighted by atomic mass is 35.5. The van der Waals surface area contributed by atoms with Crippen molar-refractivity contribution in [1.82, 2.24) is 0 Å². The van der Waals surface area contributed by atoms with Crippen molar-refractivity contribution < 1.29 is 22.4 Å². The van der Waals surface area contributed by atoms with Gasteiger partial charge < -0.3 is 14.5 Å². The second-order valence-electron chi connectivity index (χ2n) is 3.97. The van der Waals surface area contributed by atoms with E-state index in [1.807, 2.05) is 0 Å². The monoisotopic (exact) mass is 330 g/mol. The fourth-order valence-corrected chi connectivity index (χ4v) is 2.47. The number of furan rings is 1. The number of hydrogen-bond donors (Lipinski definition) is 2. The first kappa shape index (κ1) is 15.4. The van der Waals surface area contributed by atoms with Crippen LogP contribution in [0, 0.1) is 0 Å². The molecule has 1 aromatic heterocycles. The number of nitrogens with one attached hydrogen (secondary N) is 1. The summed E-state index contributed by atoms with van der Waals surface area (Å²) in [5, 5.41) is 7.63. The molecule has 21 heavy (non-hydrogen) atoms. The van der Waals surface area contributed by atoms with Gasteiger partial charge in [-0.25, -0.2) is 13.6 Å². The van der Waals surface area contributed by atoms with Crippen LogP contribution in [0.4, 0.5) is 5.69 Å². The molecular formula is C12H11ClN2O5S. The molecule has 0 fully saturated rings. The van der Waals surface area contributed by atoms with E-state index in [0.717, 1.165) is 0 Å². The summed E-state index contributed by atoms with van der Waals surface area (Å²) in [6.07, 6.45) is 0. The Morgan fingerprint density at radius 1 is 1.33 bits per heavy atom. The number of primary sulfonamides is 1. The predicted molar refractivity (Wildman–Crippen MR) is 76.0 cm³/mol. The Kier molecular flexibility index (Phi) is 4.21. The van der Waals surface area contributed by atoms with Gasteiger partial charge in [-0.2, -0.15) is 0 Å². The number of carbonyl (C=O) groups is 1. The van der Waals surface area contributed by atoms with E-state index in [4.69, 9.17) is 25.9 Å². The molecule has 0 saturated carbocycles. The number of hydrogen-bond acceptors (Lipinski definition) is 5. The quantitative estimate of drug-likeness (QED) is 0.888. The average Bonchev–Trinajstić information content (AvgIpc) is 2.84. The summed E-state index contributed by atoms with van der Waals surface area (Å²) in [5.74, 6) is -0.503. The van der Waals surface area contributed by atoms with Crippen molar-refractivity contribution in [2.24, 2.45) is 5.14 Å². The maximum absolute atomic E-state index is 11.9. The van der Waals surface area contributed by atoms with Crippen LogP contribution in [-0.2, 0) is 10.0 Å². The number of amides is 1. The molecular weight excluding hydrogens is 320 g/mol. The molecule has 0 radical (unpaired) electrons. The van der Waals surface area contributed by atoms with E-state index in [-0.39, 0.29) is 27.3 Å². The van der Waals surface area contributed by atoms with Crippen LogP contribution in [0.5, 0.6) is 5.75 Å². The van der Waals surface area contributed by atoms with Crippen molar-refractivity contribution in [2.45, 2.75) is 4.90 Å². The topological polar surface area (TPSA) is 112 Å². The Bertz CT molecular complexity index is 785. The zero-order chi connectivity index (χ0) is 15.6. The van der Waals surface area contributed by atoms with Gasteiger partial charge in [0.15, 0.2) is 11.0 Å². The Morgan fingerprint density at radius 2 is 2.05 bits per heavy atom. The minimum atomic E-state index is -3.99. The lowest BCUT2D eigenvalue weighted by molar-refractivity contribution is 0.0996. The molecule has 2 aromatic rings. The number of ether oxygens (including phenoxy) is 1. The fourth-order valence-electron chi connectivity index (χ4n) is 1.61. The van der Waals surface area contributed by atoms with Crippen LogP contribution in [-0.4, -0.2) is 21.4 Å². The summed E-state index contributed by atoms with van der Waals surface area (Å²) >= 11 is 5.57. The highest BCUT2D eigenvalue weighted by Crippen LogP contribution is 2.26. The van der Waals surface area contributed by atoms with E-state index in [1.54, 1.807) is 0 Å². The van der Waals surface area contributed by atoms with Gasteiger partial charge in [0.05, 0.1) is 7.11 Å². The molecule has 112 valence electrons. The van der Waals surface area contributed by atoms with Gasteiger partial charge in [-0.3, -0.25) is 4.79 Å². The van der Waals surface area contributed by atoms with Gasteiger partial charge >= 0.3 is 0 Å². The zero-order valence-corrected chi connectivity index (χ0v) is 12.4. The third kappa shape index (κ3) is 3.54. The minimum Gasteiger partial charge on any atom is -0.495 e. The second-order valence-corrected chi connectivity index (χ2v) is 5.87. The van der Waals surface area contributed by atoms with E-state index < -0.39 is 15.9 Å². The van der Waals surface area contributed by atoms with Crippen LogP contribution in [0.15, 0.2) is 39.6 Å². The molecule has 9 heteroatoms. The molecule has 0 atom stereocenters. The number of anilines is 1. The van der Waals surface area contributed by atoms with E-state index in [9.17, 15) is 13.2 Å². The molecule has 2 rings (SSSR count). The lowest BCUT2D eigenvalue weighted by Gasteiger charge is -2.09. The number of halogens is 1. The van der Waals surface area contributed by atoms with Crippen LogP contribution >= 0.6 is 11.6 Å². The van der Waals surface area contributed by atoms with Gasteiger partial charge in [0, 0.05) is 5.69 Å². The van der Waals surface area contributed by atoms with Crippen LogP contribution in [0.25, 0.3) is 0 Å². The second kappa shape index (κ2) is 5.76. The molecule has 0 aliphatic rings. The average molecular weight is 331 g/mol. The maximum atomic E-state index is 11.9. The third-order valence-corrected chi connectivity index (χ3v) is 3.66. The van der Waals surface area contributed by atoms with Crippen molar-refractivity contribution >= 4 is 33.2 Å². The van der Waals surface area contributed by atoms with Gasteiger partial charge in [0.1, 0.15) is 10.6 Å². The number of carbonyl (C=O) groups excluding carboxylic acids is 1. The molecule has 0 bridgehead atoms. The minimum absolute atomic E-state index is 0.00651. The van der Waals surface area contributed by atoms with Gasteiger partial charge in [0.25, 0.3) is 5.91 Å². The lowest BCUT2D eigenvalue weighted by atomic mass is 10.3. The molecule has 3 N–H and O–H groups in total. The first-order valence-electron chi connectivity index (χ1n) is 5.59. The summed E-state index contributed by atoms with van der Waals surface area (Å²) in [7, 11) is -2.67. The number of nitrogens with two attached hydrogens (primary N) is 1. The highest BCUT2D eigenvalue weighted by Gasteiger charge is 2.17. The molecule has 1 aromatic carbocycles. The number of methoxy groups -OCH3 is 1. The van der Waals surface area contributed by atoms with Crippen molar-refractivity contribution in [3.8, 4) is 5.75 Å². The zero-order valence-electron chi connectivity index (χ0n) is 10.8. The predicted octanol–water partition coefficient (Wildman–Crippen LogP) is 1.84. The molecule has 0 spiro atoms. The molecule has 0 aliphatic carbocycles. The molecule has 1 amide bonds. The molecule has 0 saturated heterocycles. The van der Waals surface area contributed by atoms with Crippen molar-refractivity contribution in [3.05, 3.63) is 41.3 Å². The molecule has 0 unspecified atom stereocenters. The summed E-state index contributed by atoms with van der Waals surface area (Å²) in [6, 6.07) is 6.85. The normalized spacial score (nSPS) is 11.2. The Balaban J connectivity index is 2.31. The summed E-state index contributed by atoms with van der Waals surface area (Å²) in [4.78, 5) is 11.6. The van der Waals surface area contributed by atoms with Gasteiger partial charge in [-0.1, -0.05) is 0 Å². The largest absolute Gasteiger partial charge is 0.495 e. The number of sulfonamides is 1. The Morgan fingerprint density at radius 3 is 2.57 bits per heavy atom. The third-order valence-electron chi connectivity index (χ3n) is 2.53. The van der Waals surface area contributed by atoms with Gasteiger partial charge in [-0.15, -0.1) is 0 Å². The lowest BCUT2D eigenvalue weighted by Crippen LogP contribution is -2.15.